The van der Waals surface area contributed by atoms with Crippen molar-refractivity contribution in [3.8, 4) is 0 Å². The van der Waals surface area contributed by atoms with Gasteiger partial charge < -0.3 is 14.5 Å². The predicted molar refractivity (Wildman–Crippen MR) is 153 cm³/mol. The summed E-state index contributed by atoms with van der Waals surface area (Å²) in [6.07, 6.45) is 0.432. The molecule has 3 aliphatic rings. The zero-order valence-electron chi connectivity index (χ0n) is 24.2. The molecule has 0 aromatic heterocycles. The van der Waals surface area contributed by atoms with Crippen LogP contribution in [0, 0.1) is 5.82 Å². The lowest BCUT2D eigenvalue weighted by Gasteiger charge is -2.43. The van der Waals surface area contributed by atoms with Crippen LogP contribution in [0.3, 0.4) is 0 Å². The van der Waals surface area contributed by atoms with Crippen molar-refractivity contribution in [2.45, 2.75) is 74.1 Å². The second kappa shape index (κ2) is 13.2. The van der Waals surface area contributed by atoms with Crippen LogP contribution in [0.4, 0.5) is 17.6 Å². The van der Waals surface area contributed by atoms with Gasteiger partial charge in [-0.25, -0.2) is 12.8 Å². The van der Waals surface area contributed by atoms with E-state index in [2.05, 4.69) is 4.90 Å². The van der Waals surface area contributed by atoms with E-state index in [1.54, 1.807) is 17.0 Å². The fourth-order valence-corrected chi connectivity index (χ4v) is 8.30. The number of carbonyl (C=O) groups is 1. The molecule has 3 heterocycles. The molecule has 3 aliphatic heterocycles. The van der Waals surface area contributed by atoms with E-state index >= 15 is 0 Å². The zero-order valence-corrected chi connectivity index (χ0v) is 25.0. The standard InChI is InChI=1S/C31H39F4N3O4S/c32-26-11-9-24(10-12-26)30(42-21-20-36-15-3-4-16-36)13-18-37(19-14-30)29(39)23-27-7-1-2-17-38(27)43(40,41)28-8-5-6-25(22-28)31(33,34)35/h5-6,8-12,22,27H,1-4,7,13-21,23H2. The first kappa shape index (κ1) is 31.9. The van der Waals surface area contributed by atoms with Crippen molar-refractivity contribution in [2.75, 3.05) is 45.9 Å². The topological polar surface area (TPSA) is 70.2 Å². The van der Waals surface area contributed by atoms with E-state index in [1.165, 1.54) is 35.3 Å². The van der Waals surface area contributed by atoms with E-state index < -0.39 is 38.3 Å². The van der Waals surface area contributed by atoms with E-state index in [0.717, 1.165) is 43.8 Å². The van der Waals surface area contributed by atoms with Crippen molar-refractivity contribution in [2.24, 2.45) is 0 Å². The number of amides is 1. The summed E-state index contributed by atoms with van der Waals surface area (Å²) in [5.41, 5.74) is -0.819. The summed E-state index contributed by atoms with van der Waals surface area (Å²) in [4.78, 5) is 17.2. The Morgan fingerprint density at radius 2 is 1.60 bits per heavy atom. The molecule has 0 N–H and O–H groups in total. The average Bonchev–Trinajstić information content (AvgIpc) is 3.51. The van der Waals surface area contributed by atoms with Crippen molar-refractivity contribution < 1.29 is 35.5 Å². The first-order valence-corrected chi connectivity index (χ1v) is 16.5. The van der Waals surface area contributed by atoms with Crippen LogP contribution >= 0.6 is 0 Å². The molecule has 0 spiro atoms. The molecule has 236 valence electrons. The fraction of sp³-hybridized carbons (Fsp3) is 0.581. The Labute approximate surface area is 250 Å². The van der Waals surface area contributed by atoms with Gasteiger partial charge in [-0.2, -0.15) is 17.5 Å². The highest BCUT2D eigenvalue weighted by Gasteiger charge is 2.41. The molecule has 1 amide bonds. The molecule has 1 atom stereocenters. The number of rotatable bonds is 9. The van der Waals surface area contributed by atoms with Gasteiger partial charge in [0.05, 0.1) is 22.7 Å². The quantitative estimate of drug-likeness (QED) is 0.349. The molecule has 7 nitrogen and oxygen atoms in total. The minimum absolute atomic E-state index is 0.0441. The van der Waals surface area contributed by atoms with Gasteiger partial charge in [-0.05, 0) is 87.5 Å². The van der Waals surface area contributed by atoms with Crippen LogP contribution in [0.1, 0.15) is 62.5 Å². The summed E-state index contributed by atoms with van der Waals surface area (Å²) in [5.74, 6) is -0.526. The smallest absolute Gasteiger partial charge is 0.369 e. The lowest BCUT2D eigenvalue weighted by molar-refractivity contribution is -0.141. The van der Waals surface area contributed by atoms with Crippen molar-refractivity contribution in [1.29, 1.82) is 0 Å². The van der Waals surface area contributed by atoms with Gasteiger partial charge in [0.1, 0.15) is 5.82 Å². The number of nitrogens with zero attached hydrogens (tertiary/aromatic N) is 3. The lowest BCUT2D eigenvalue weighted by atomic mass is 9.83. The van der Waals surface area contributed by atoms with Gasteiger partial charge in [0.15, 0.2) is 0 Å². The van der Waals surface area contributed by atoms with Crippen molar-refractivity contribution in [1.82, 2.24) is 14.1 Å². The maximum absolute atomic E-state index is 13.7. The highest BCUT2D eigenvalue weighted by atomic mass is 32.2. The second-order valence-electron chi connectivity index (χ2n) is 11.8. The van der Waals surface area contributed by atoms with E-state index in [4.69, 9.17) is 4.74 Å². The SMILES string of the molecule is O=C(CC1CCCCN1S(=O)(=O)c1cccc(C(F)(F)F)c1)N1CCC(OCCN2CCCC2)(c2ccc(F)cc2)CC1. The largest absolute Gasteiger partial charge is 0.416 e. The number of piperidine rings is 2. The Bertz CT molecular complexity index is 1360. The summed E-state index contributed by atoms with van der Waals surface area (Å²) < 4.78 is 88.3. The average molecular weight is 626 g/mol. The first-order chi connectivity index (χ1) is 20.5. The summed E-state index contributed by atoms with van der Waals surface area (Å²) in [5, 5.41) is 0. The highest BCUT2D eigenvalue weighted by molar-refractivity contribution is 7.89. The molecular formula is C31H39F4N3O4S. The number of alkyl halides is 3. The molecule has 0 aliphatic carbocycles. The molecular weight excluding hydrogens is 586 g/mol. The van der Waals surface area contributed by atoms with Crippen LogP contribution in [0.15, 0.2) is 53.4 Å². The number of halogens is 4. The Kier molecular flexibility index (Phi) is 9.79. The van der Waals surface area contributed by atoms with Crippen LogP contribution in [0.25, 0.3) is 0 Å². The third-order valence-electron chi connectivity index (χ3n) is 9.03. The van der Waals surface area contributed by atoms with Gasteiger partial charge in [0, 0.05) is 38.6 Å². The van der Waals surface area contributed by atoms with Crippen molar-refractivity contribution in [3.05, 3.63) is 65.5 Å². The second-order valence-corrected chi connectivity index (χ2v) is 13.7. The molecule has 5 rings (SSSR count). The third-order valence-corrected chi connectivity index (χ3v) is 11.0. The molecule has 2 aromatic carbocycles. The van der Waals surface area contributed by atoms with Gasteiger partial charge >= 0.3 is 6.18 Å². The highest BCUT2D eigenvalue weighted by Crippen LogP contribution is 2.38. The van der Waals surface area contributed by atoms with Crippen LogP contribution in [-0.4, -0.2) is 80.3 Å². The third kappa shape index (κ3) is 7.41. The van der Waals surface area contributed by atoms with Gasteiger partial charge in [0.2, 0.25) is 15.9 Å². The van der Waals surface area contributed by atoms with E-state index in [1.807, 2.05) is 0 Å². The molecule has 2 aromatic rings. The van der Waals surface area contributed by atoms with Crippen LogP contribution in [0.2, 0.25) is 0 Å². The molecule has 0 saturated carbocycles. The van der Waals surface area contributed by atoms with Crippen molar-refractivity contribution >= 4 is 15.9 Å². The molecule has 43 heavy (non-hydrogen) atoms. The number of sulfonamides is 1. The number of likely N-dealkylation sites (tertiary alicyclic amines) is 2. The molecule has 0 bridgehead atoms. The Balaban J connectivity index is 1.25. The Morgan fingerprint density at radius 3 is 2.28 bits per heavy atom. The molecule has 3 fully saturated rings. The van der Waals surface area contributed by atoms with Crippen LogP contribution < -0.4 is 0 Å². The van der Waals surface area contributed by atoms with E-state index in [-0.39, 0.29) is 24.7 Å². The predicted octanol–water partition coefficient (Wildman–Crippen LogP) is 5.41. The summed E-state index contributed by atoms with van der Waals surface area (Å²) in [6.45, 7) is 4.38. The normalized spacial score (nSPS) is 22.1. The molecule has 12 heteroatoms. The van der Waals surface area contributed by atoms with Crippen molar-refractivity contribution in [3.63, 3.8) is 0 Å². The number of hydrogen-bond acceptors (Lipinski definition) is 5. The zero-order chi connectivity index (χ0) is 30.7. The van der Waals surface area contributed by atoms with E-state index in [9.17, 15) is 30.8 Å². The molecule has 3 saturated heterocycles. The minimum Gasteiger partial charge on any atom is -0.369 e. The minimum atomic E-state index is -4.67. The van der Waals surface area contributed by atoms with Gasteiger partial charge in [-0.15, -0.1) is 0 Å². The summed E-state index contributed by atoms with van der Waals surface area (Å²) in [7, 11) is -4.24. The summed E-state index contributed by atoms with van der Waals surface area (Å²) in [6, 6.07) is 9.43. The van der Waals surface area contributed by atoms with Crippen LogP contribution in [-0.2, 0) is 31.3 Å². The van der Waals surface area contributed by atoms with E-state index in [0.29, 0.717) is 51.4 Å². The first-order valence-electron chi connectivity index (χ1n) is 15.1. The molecule has 0 radical (unpaired) electrons. The number of carbonyl (C=O) groups excluding carboxylic acids is 1. The maximum Gasteiger partial charge on any atom is 0.416 e. The van der Waals surface area contributed by atoms with Gasteiger partial charge in [-0.1, -0.05) is 24.6 Å². The maximum atomic E-state index is 13.7. The lowest BCUT2D eigenvalue weighted by Crippen LogP contribution is -2.50. The fourth-order valence-electron chi connectivity index (χ4n) is 6.56. The monoisotopic (exact) mass is 625 g/mol. The molecule has 1 unspecified atom stereocenters. The number of hydrogen-bond donors (Lipinski definition) is 0. The number of benzene rings is 2. The Hall–Kier alpha value is -2.54. The van der Waals surface area contributed by atoms with Crippen LogP contribution in [0.5, 0.6) is 0 Å². The number of ether oxygens (including phenoxy) is 1. The van der Waals surface area contributed by atoms with Gasteiger partial charge in [0.25, 0.3) is 0 Å². The van der Waals surface area contributed by atoms with Gasteiger partial charge in [-0.3, -0.25) is 4.79 Å². The summed E-state index contributed by atoms with van der Waals surface area (Å²) >= 11 is 0. The Morgan fingerprint density at radius 1 is 0.930 bits per heavy atom.